The van der Waals surface area contributed by atoms with Crippen molar-refractivity contribution >= 4 is 16.9 Å². The number of hydrogen-bond donors (Lipinski definition) is 1. The number of halogens is 3. The first-order chi connectivity index (χ1) is 12.7. The van der Waals surface area contributed by atoms with Crippen molar-refractivity contribution in [1.82, 2.24) is 4.31 Å². The number of alkyl halides is 3. The lowest BCUT2D eigenvalue weighted by Crippen LogP contribution is -2.56. The van der Waals surface area contributed by atoms with Crippen LogP contribution in [0.3, 0.4) is 0 Å². The molecule has 27 heavy (non-hydrogen) atoms. The summed E-state index contributed by atoms with van der Waals surface area (Å²) in [7, 11) is -1.47. The summed E-state index contributed by atoms with van der Waals surface area (Å²) in [5, 5.41) is 0. The fourth-order valence-corrected chi connectivity index (χ4v) is 5.27. The second-order valence-electron chi connectivity index (χ2n) is 7.21. The second kappa shape index (κ2) is 10.2. The van der Waals surface area contributed by atoms with Gasteiger partial charge in [-0.15, -0.1) is 0 Å². The van der Waals surface area contributed by atoms with Crippen LogP contribution in [-0.4, -0.2) is 64.9 Å². The van der Waals surface area contributed by atoms with Crippen LogP contribution in [0.1, 0.15) is 44.9 Å². The Kier molecular flexibility index (Phi) is 8.51. The molecule has 0 aromatic rings. The minimum atomic E-state index is -4.13. The standard InChI is InChI=1S/C17H29F3N2O4S/c18-17(19,20)5-1-10-25-11-4-14-2-8-22(9-3-14)27(24)16(15(21)23)6-12-26-13-7-16/h14H,1-13H2,(H2,21,23). The Hall–Kier alpha value is -0.710. The normalized spacial score (nSPS) is 23.2. The molecule has 1 unspecified atom stereocenters. The average molecular weight is 414 g/mol. The summed E-state index contributed by atoms with van der Waals surface area (Å²) >= 11 is 0. The van der Waals surface area contributed by atoms with E-state index in [-0.39, 0.29) is 13.0 Å². The van der Waals surface area contributed by atoms with E-state index in [0.717, 1.165) is 19.3 Å². The molecule has 2 saturated heterocycles. The van der Waals surface area contributed by atoms with E-state index in [2.05, 4.69) is 0 Å². The summed E-state index contributed by atoms with van der Waals surface area (Å²) < 4.78 is 60.5. The Morgan fingerprint density at radius 2 is 1.85 bits per heavy atom. The fraction of sp³-hybridized carbons (Fsp3) is 0.941. The molecule has 2 aliphatic rings. The predicted octanol–water partition coefficient (Wildman–Crippen LogP) is 2.15. The van der Waals surface area contributed by atoms with Gasteiger partial charge in [-0.1, -0.05) is 0 Å². The summed E-state index contributed by atoms with van der Waals surface area (Å²) in [5.41, 5.74) is 5.57. The number of piperidine rings is 1. The van der Waals surface area contributed by atoms with E-state index >= 15 is 0 Å². The van der Waals surface area contributed by atoms with E-state index in [1.54, 1.807) is 0 Å². The van der Waals surface area contributed by atoms with Crippen molar-refractivity contribution in [2.45, 2.75) is 55.9 Å². The van der Waals surface area contributed by atoms with E-state index in [1.165, 1.54) is 0 Å². The Labute approximate surface area is 160 Å². The third-order valence-corrected chi connectivity index (χ3v) is 7.42. The SMILES string of the molecule is NC(=O)C1(S(=O)N2CCC(CCOCCCC(F)(F)F)CC2)CCOCC1. The van der Waals surface area contributed by atoms with Gasteiger partial charge < -0.3 is 15.2 Å². The molecule has 0 aromatic carbocycles. The van der Waals surface area contributed by atoms with Crippen LogP contribution in [-0.2, 0) is 25.3 Å². The van der Waals surface area contributed by atoms with Crippen LogP contribution >= 0.6 is 0 Å². The van der Waals surface area contributed by atoms with Crippen LogP contribution in [0.2, 0.25) is 0 Å². The van der Waals surface area contributed by atoms with Gasteiger partial charge in [0.2, 0.25) is 5.91 Å². The van der Waals surface area contributed by atoms with Crippen LogP contribution in [0.15, 0.2) is 0 Å². The topological polar surface area (TPSA) is 81.9 Å². The van der Waals surface area contributed by atoms with Crippen molar-refractivity contribution in [2.24, 2.45) is 11.7 Å². The van der Waals surface area contributed by atoms with Crippen molar-refractivity contribution < 1.29 is 31.6 Å². The van der Waals surface area contributed by atoms with Crippen LogP contribution in [0.25, 0.3) is 0 Å². The summed E-state index contributed by atoms with van der Waals surface area (Å²) in [6.45, 7) is 2.55. The molecule has 2 aliphatic heterocycles. The quantitative estimate of drug-likeness (QED) is 0.586. The van der Waals surface area contributed by atoms with Crippen molar-refractivity contribution in [2.75, 3.05) is 39.5 Å². The van der Waals surface area contributed by atoms with Crippen LogP contribution < -0.4 is 5.73 Å². The number of rotatable bonds is 9. The molecule has 10 heteroatoms. The largest absolute Gasteiger partial charge is 0.389 e. The third-order valence-electron chi connectivity index (χ3n) is 5.31. The molecule has 2 N–H and O–H groups in total. The van der Waals surface area contributed by atoms with Crippen molar-refractivity contribution in [1.29, 1.82) is 0 Å². The highest BCUT2D eigenvalue weighted by molar-refractivity contribution is 7.85. The highest BCUT2D eigenvalue weighted by Crippen LogP contribution is 2.32. The Morgan fingerprint density at radius 1 is 1.22 bits per heavy atom. The van der Waals surface area contributed by atoms with Gasteiger partial charge in [0, 0.05) is 45.9 Å². The van der Waals surface area contributed by atoms with Gasteiger partial charge in [-0.3, -0.25) is 4.79 Å². The number of nitrogens with two attached hydrogens (primary N) is 1. The Bertz CT molecular complexity index is 505. The van der Waals surface area contributed by atoms with E-state index in [4.69, 9.17) is 15.2 Å². The number of amides is 1. The van der Waals surface area contributed by atoms with Gasteiger partial charge in [0.25, 0.3) is 0 Å². The number of hydrogen-bond acceptors (Lipinski definition) is 4. The predicted molar refractivity (Wildman–Crippen MR) is 95.1 cm³/mol. The molecule has 0 bridgehead atoms. The lowest BCUT2D eigenvalue weighted by Gasteiger charge is -2.39. The zero-order chi connectivity index (χ0) is 19.9. The van der Waals surface area contributed by atoms with Crippen molar-refractivity contribution in [3.8, 4) is 0 Å². The lowest BCUT2D eigenvalue weighted by molar-refractivity contribution is -0.138. The molecule has 2 fully saturated rings. The van der Waals surface area contributed by atoms with Gasteiger partial charge in [-0.2, -0.15) is 13.2 Å². The highest BCUT2D eigenvalue weighted by atomic mass is 32.2. The Balaban J connectivity index is 1.69. The molecule has 1 amide bonds. The molecule has 0 aliphatic carbocycles. The van der Waals surface area contributed by atoms with Gasteiger partial charge >= 0.3 is 6.18 Å². The van der Waals surface area contributed by atoms with Gasteiger partial charge in [0.15, 0.2) is 0 Å². The van der Waals surface area contributed by atoms with E-state index in [9.17, 15) is 22.2 Å². The molecule has 158 valence electrons. The van der Waals surface area contributed by atoms with Gasteiger partial charge in [0.05, 0.1) is 0 Å². The van der Waals surface area contributed by atoms with Crippen LogP contribution in [0.5, 0.6) is 0 Å². The lowest BCUT2D eigenvalue weighted by atomic mass is 9.95. The van der Waals surface area contributed by atoms with Crippen LogP contribution in [0, 0.1) is 5.92 Å². The summed E-state index contributed by atoms with van der Waals surface area (Å²) in [5.74, 6) is -0.140. The first-order valence-electron chi connectivity index (χ1n) is 9.44. The maximum atomic E-state index is 13.0. The smallest absolute Gasteiger partial charge is 0.381 e. The van der Waals surface area contributed by atoms with E-state index < -0.39 is 34.2 Å². The fourth-order valence-electron chi connectivity index (χ4n) is 3.55. The molecule has 2 rings (SSSR count). The van der Waals surface area contributed by atoms with Gasteiger partial charge in [-0.05, 0) is 44.4 Å². The number of primary amides is 1. The number of carbonyl (C=O) groups excluding carboxylic acids is 1. The minimum Gasteiger partial charge on any atom is -0.381 e. The molecule has 0 radical (unpaired) electrons. The second-order valence-corrected chi connectivity index (χ2v) is 9.01. The summed E-state index contributed by atoms with van der Waals surface area (Å²) in [6, 6.07) is 0. The number of nitrogens with zero attached hydrogens (tertiary/aromatic N) is 1. The molecule has 0 saturated carbocycles. The maximum absolute atomic E-state index is 13.0. The molecule has 0 aromatic heterocycles. The number of carbonyl (C=O) groups is 1. The van der Waals surface area contributed by atoms with Gasteiger partial charge in [-0.25, -0.2) is 8.51 Å². The van der Waals surface area contributed by atoms with E-state index in [0.29, 0.717) is 51.7 Å². The van der Waals surface area contributed by atoms with E-state index in [1.807, 2.05) is 4.31 Å². The minimum absolute atomic E-state index is 0.0140. The molecular formula is C17H29F3N2O4S. The third kappa shape index (κ3) is 6.69. The molecular weight excluding hydrogens is 385 g/mol. The maximum Gasteiger partial charge on any atom is 0.389 e. The zero-order valence-corrected chi connectivity index (χ0v) is 16.3. The van der Waals surface area contributed by atoms with Crippen LogP contribution in [0.4, 0.5) is 13.2 Å². The average Bonchev–Trinajstić information content (AvgIpc) is 2.64. The first-order valence-corrected chi connectivity index (χ1v) is 10.5. The number of ether oxygens (including phenoxy) is 2. The van der Waals surface area contributed by atoms with Gasteiger partial charge in [0.1, 0.15) is 15.7 Å². The first kappa shape index (κ1) is 22.6. The monoisotopic (exact) mass is 414 g/mol. The summed E-state index contributed by atoms with van der Waals surface area (Å²) in [4.78, 5) is 12.0. The highest BCUT2D eigenvalue weighted by Gasteiger charge is 2.47. The molecule has 1 atom stereocenters. The molecule has 2 heterocycles. The molecule has 6 nitrogen and oxygen atoms in total. The molecule has 0 spiro atoms. The Morgan fingerprint density at radius 3 is 2.41 bits per heavy atom. The summed E-state index contributed by atoms with van der Waals surface area (Å²) in [6.07, 6.45) is -1.78. The zero-order valence-electron chi connectivity index (χ0n) is 15.5. The van der Waals surface area contributed by atoms with Crippen molar-refractivity contribution in [3.63, 3.8) is 0 Å². The van der Waals surface area contributed by atoms with Crippen molar-refractivity contribution in [3.05, 3.63) is 0 Å².